The molecule has 0 unspecified atom stereocenters. The summed E-state index contributed by atoms with van der Waals surface area (Å²) in [7, 11) is 0. The van der Waals surface area contributed by atoms with Gasteiger partial charge in [0, 0.05) is 18.8 Å². The quantitative estimate of drug-likeness (QED) is 0.679. The second-order valence-electron chi connectivity index (χ2n) is 6.28. The SMILES string of the molecule is O=C(CSc1nc2ccccc2n1-c1ccccc1)NC[C@H]1CCCO1. The number of carbonyl (C=O) groups is 1. The van der Waals surface area contributed by atoms with Crippen LogP contribution in [0.25, 0.3) is 16.7 Å². The Bertz CT molecular complexity index is 888. The van der Waals surface area contributed by atoms with E-state index in [-0.39, 0.29) is 12.0 Å². The molecule has 0 bridgehead atoms. The summed E-state index contributed by atoms with van der Waals surface area (Å²) in [6.45, 7) is 1.39. The maximum absolute atomic E-state index is 12.2. The molecule has 5 nitrogen and oxygen atoms in total. The van der Waals surface area contributed by atoms with E-state index < -0.39 is 0 Å². The minimum atomic E-state index is 0.0113. The molecule has 0 radical (unpaired) electrons. The van der Waals surface area contributed by atoms with Crippen LogP contribution in [0.15, 0.2) is 59.8 Å². The zero-order chi connectivity index (χ0) is 17.8. The lowest BCUT2D eigenvalue weighted by atomic mass is 10.2. The summed E-state index contributed by atoms with van der Waals surface area (Å²) in [6, 6.07) is 18.1. The summed E-state index contributed by atoms with van der Waals surface area (Å²) in [5.41, 5.74) is 3.02. The van der Waals surface area contributed by atoms with E-state index in [9.17, 15) is 4.79 Å². The average molecular weight is 367 g/mol. The first kappa shape index (κ1) is 17.1. The van der Waals surface area contributed by atoms with Crippen molar-refractivity contribution in [3.63, 3.8) is 0 Å². The van der Waals surface area contributed by atoms with Gasteiger partial charge in [0.05, 0.1) is 22.9 Å². The van der Waals surface area contributed by atoms with Crippen LogP contribution in [-0.4, -0.2) is 40.5 Å². The van der Waals surface area contributed by atoms with Gasteiger partial charge in [-0.2, -0.15) is 0 Å². The summed E-state index contributed by atoms with van der Waals surface area (Å²) >= 11 is 1.46. The number of hydrogen-bond donors (Lipinski definition) is 1. The van der Waals surface area contributed by atoms with E-state index in [4.69, 9.17) is 9.72 Å². The predicted octanol–water partition coefficient (Wildman–Crippen LogP) is 3.41. The van der Waals surface area contributed by atoms with Gasteiger partial charge in [0.2, 0.25) is 5.91 Å². The highest BCUT2D eigenvalue weighted by molar-refractivity contribution is 7.99. The second kappa shape index (κ2) is 7.93. The number of benzene rings is 2. The van der Waals surface area contributed by atoms with Crippen molar-refractivity contribution < 1.29 is 9.53 Å². The normalized spacial score (nSPS) is 16.8. The Hall–Kier alpha value is -2.31. The molecule has 0 aliphatic carbocycles. The van der Waals surface area contributed by atoms with Crippen LogP contribution in [0, 0.1) is 0 Å². The zero-order valence-corrected chi connectivity index (χ0v) is 15.2. The molecule has 1 atom stereocenters. The number of para-hydroxylation sites is 3. The summed E-state index contributed by atoms with van der Waals surface area (Å²) in [5.74, 6) is 0.347. The fourth-order valence-electron chi connectivity index (χ4n) is 3.14. The van der Waals surface area contributed by atoms with Gasteiger partial charge in [0.25, 0.3) is 0 Å². The first-order valence-electron chi connectivity index (χ1n) is 8.85. The maximum atomic E-state index is 12.2. The third-order valence-corrected chi connectivity index (χ3v) is 5.37. The fourth-order valence-corrected chi connectivity index (χ4v) is 4.00. The number of imidazole rings is 1. The van der Waals surface area contributed by atoms with Crippen molar-refractivity contribution in [2.75, 3.05) is 18.9 Å². The van der Waals surface area contributed by atoms with E-state index in [0.29, 0.717) is 12.3 Å². The van der Waals surface area contributed by atoms with Crippen molar-refractivity contribution in [3.05, 3.63) is 54.6 Å². The lowest BCUT2D eigenvalue weighted by Gasteiger charge is -2.11. The molecule has 1 aromatic heterocycles. The molecule has 134 valence electrons. The Morgan fingerprint density at radius 2 is 2.00 bits per heavy atom. The third-order valence-electron chi connectivity index (χ3n) is 4.43. The summed E-state index contributed by atoms with van der Waals surface area (Å²) < 4.78 is 7.65. The highest BCUT2D eigenvalue weighted by Gasteiger charge is 2.17. The third kappa shape index (κ3) is 3.76. The number of carbonyl (C=O) groups excluding carboxylic acids is 1. The largest absolute Gasteiger partial charge is 0.376 e. The molecule has 4 rings (SSSR count). The number of hydrogen-bond acceptors (Lipinski definition) is 4. The molecule has 26 heavy (non-hydrogen) atoms. The second-order valence-corrected chi connectivity index (χ2v) is 7.22. The van der Waals surface area contributed by atoms with Gasteiger partial charge in [0.1, 0.15) is 0 Å². The van der Waals surface area contributed by atoms with Gasteiger partial charge in [-0.1, -0.05) is 42.1 Å². The average Bonchev–Trinajstić information content (AvgIpc) is 3.32. The van der Waals surface area contributed by atoms with Crippen molar-refractivity contribution in [2.24, 2.45) is 0 Å². The van der Waals surface area contributed by atoms with Gasteiger partial charge in [0.15, 0.2) is 5.16 Å². The lowest BCUT2D eigenvalue weighted by Crippen LogP contribution is -2.32. The van der Waals surface area contributed by atoms with Crippen LogP contribution in [0.3, 0.4) is 0 Å². The molecular weight excluding hydrogens is 346 g/mol. The molecule has 1 N–H and O–H groups in total. The summed E-state index contributed by atoms with van der Waals surface area (Å²) in [5, 5.41) is 3.79. The summed E-state index contributed by atoms with van der Waals surface area (Å²) in [4.78, 5) is 16.9. The molecule has 2 aromatic carbocycles. The van der Waals surface area contributed by atoms with Crippen LogP contribution in [-0.2, 0) is 9.53 Å². The monoisotopic (exact) mass is 367 g/mol. The van der Waals surface area contributed by atoms with Crippen LogP contribution in [0.2, 0.25) is 0 Å². The predicted molar refractivity (Wildman–Crippen MR) is 104 cm³/mol. The van der Waals surface area contributed by atoms with Gasteiger partial charge >= 0.3 is 0 Å². The van der Waals surface area contributed by atoms with Gasteiger partial charge in [-0.25, -0.2) is 4.98 Å². The topological polar surface area (TPSA) is 56.2 Å². The van der Waals surface area contributed by atoms with Crippen LogP contribution in [0.4, 0.5) is 0 Å². The Labute approximate surface area is 156 Å². The van der Waals surface area contributed by atoms with Crippen molar-refractivity contribution in [3.8, 4) is 5.69 Å². The van der Waals surface area contributed by atoms with Gasteiger partial charge in [-0.15, -0.1) is 0 Å². The molecule has 3 aromatic rings. The molecule has 1 aliphatic heterocycles. The van der Waals surface area contributed by atoms with Crippen LogP contribution < -0.4 is 5.32 Å². The van der Waals surface area contributed by atoms with E-state index >= 15 is 0 Å². The lowest BCUT2D eigenvalue weighted by molar-refractivity contribution is -0.119. The molecule has 1 saturated heterocycles. The van der Waals surface area contributed by atoms with E-state index in [1.54, 1.807) is 0 Å². The Balaban J connectivity index is 1.50. The molecule has 1 aliphatic rings. The van der Waals surface area contributed by atoms with Crippen LogP contribution in [0.1, 0.15) is 12.8 Å². The van der Waals surface area contributed by atoms with Crippen molar-refractivity contribution in [1.29, 1.82) is 0 Å². The van der Waals surface area contributed by atoms with Gasteiger partial charge in [-0.05, 0) is 37.1 Å². The standard InChI is InChI=1S/C20H21N3O2S/c24-19(21-13-16-9-6-12-25-16)14-26-20-22-17-10-4-5-11-18(17)23(20)15-7-2-1-3-8-15/h1-5,7-8,10-11,16H,6,9,12-14H2,(H,21,24)/t16-/m1/s1. The molecule has 2 heterocycles. The van der Waals surface area contributed by atoms with Crippen molar-refractivity contribution >= 4 is 28.7 Å². The number of amides is 1. The smallest absolute Gasteiger partial charge is 0.230 e. The number of nitrogens with zero attached hydrogens (tertiary/aromatic N) is 2. The van der Waals surface area contributed by atoms with Crippen LogP contribution in [0.5, 0.6) is 0 Å². The Kier molecular flexibility index (Phi) is 5.22. The number of ether oxygens (including phenoxy) is 1. The zero-order valence-electron chi connectivity index (χ0n) is 14.4. The molecular formula is C20H21N3O2S. The first-order valence-corrected chi connectivity index (χ1v) is 9.84. The summed E-state index contributed by atoms with van der Waals surface area (Å²) in [6.07, 6.45) is 2.27. The van der Waals surface area contributed by atoms with Gasteiger partial charge in [-0.3, -0.25) is 9.36 Å². The minimum Gasteiger partial charge on any atom is -0.376 e. The number of rotatable bonds is 6. The highest BCUT2D eigenvalue weighted by Crippen LogP contribution is 2.27. The van der Waals surface area contributed by atoms with E-state index in [1.807, 2.05) is 36.4 Å². The number of thioether (sulfide) groups is 1. The van der Waals surface area contributed by atoms with E-state index in [0.717, 1.165) is 41.3 Å². The highest BCUT2D eigenvalue weighted by atomic mass is 32.2. The number of fused-ring (bicyclic) bond motifs is 1. The van der Waals surface area contributed by atoms with Crippen molar-refractivity contribution in [2.45, 2.75) is 24.1 Å². The molecule has 1 fully saturated rings. The fraction of sp³-hybridized carbons (Fsp3) is 0.300. The van der Waals surface area contributed by atoms with Crippen molar-refractivity contribution in [1.82, 2.24) is 14.9 Å². The number of aromatic nitrogens is 2. The van der Waals surface area contributed by atoms with E-state index in [2.05, 4.69) is 28.1 Å². The molecule has 0 spiro atoms. The molecule has 6 heteroatoms. The molecule has 1 amide bonds. The Morgan fingerprint density at radius 3 is 2.81 bits per heavy atom. The minimum absolute atomic E-state index is 0.0113. The number of nitrogens with one attached hydrogen (secondary N) is 1. The van der Waals surface area contributed by atoms with Crippen LogP contribution >= 0.6 is 11.8 Å². The molecule has 0 saturated carbocycles. The first-order chi connectivity index (χ1) is 12.8. The van der Waals surface area contributed by atoms with Gasteiger partial charge < -0.3 is 10.1 Å². The maximum Gasteiger partial charge on any atom is 0.230 e. The van der Waals surface area contributed by atoms with E-state index in [1.165, 1.54) is 11.8 Å². The Morgan fingerprint density at radius 1 is 1.19 bits per heavy atom.